The van der Waals surface area contributed by atoms with Crippen LogP contribution >= 0.6 is 15.9 Å². The van der Waals surface area contributed by atoms with Gasteiger partial charge >= 0.3 is 5.97 Å². The minimum Gasteiger partial charge on any atom is -0.488 e. The average Bonchev–Trinajstić information content (AvgIpc) is 2.62. The average molecular weight is 402 g/mol. The molecule has 0 aromatic heterocycles. The Hall–Kier alpha value is -2.60. The predicted octanol–water partition coefficient (Wildman–Crippen LogP) is 3.72. The standard InChI is InChI=1S/C19H16BrNO4/c1-12-6-7-15(9-16(12)20)21-18(22)11-25-19(23)14-8-13-4-2-3-5-17(13)24-10-14/h2-9H,10-11H2,1H3,(H,21,22). The van der Waals surface area contributed by atoms with Crippen molar-refractivity contribution in [2.24, 2.45) is 0 Å². The molecule has 1 heterocycles. The zero-order valence-corrected chi connectivity index (χ0v) is 15.1. The lowest BCUT2D eigenvalue weighted by molar-refractivity contribution is -0.143. The normalized spacial score (nSPS) is 12.5. The molecular formula is C19H16BrNO4. The minimum absolute atomic E-state index is 0.127. The molecule has 2 aromatic carbocycles. The third-order valence-electron chi connectivity index (χ3n) is 3.68. The van der Waals surface area contributed by atoms with Gasteiger partial charge in [-0.3, -0.25) is 4.79 Å². The number of aryl methyl sites for hydroxylation is 1. The summed E-state index contributed by atoms with van der Waals surface area (Å²) < 4.78 is 11.5. The van der Waals surface area contributed by atoms with E-state index in [9.17, 15) is 9.59 Å². The van der Waals surface area contributed by atoms with Gasteiger partial charge in [0.15, 0.2) is 6.61 Å². The van der Waals surface area contributed by atoms with Crippen molar-refractivity contribution in [1.82, 2.24) is 0 Å². The Morgan fingerprint density at radius 1 is 1.24 bits per heavy atom. The maximum Gasteiger partial charge on any atom is 0.338 e. The van der Waals surface area contributed by atoms with E-state index < -0.39 is 11.9 Å². The van der Waals surface area contributed by atoms with Crippen molar-refractivity contribution in [3.05, 3.63) is 63.6 Å². The van der Waals surface area contributed by atoms with Crippen LogP contribution < -0.4 is 10.1 Å². The van der Waals surface area contributed by atoms with Crippen LogP contribution in [-0.4, -0.2) is 25.1 Å². The van der Waals surface area contributed by atoms with Crippen LogP contribution in [0.2, 0.25) is 0 Å². The molecule has 1 N–H and O–H groups in total. The van der Waals surface area contributed by atoms with E-state index in [1.807, 2.05) is 37.3 Å². The lowest BCUT2D eigenvalue weighted by Gasteiger charge is -2.16. The van der Waals surface area contributed by atoms with E-state index in [1.165, 1.54) is 0 Å². The summed E-state index contributed by atoms with van der Waals surface area (Å²) in [4.78, 5) is 24.0. The number of hydrogen-bond acceptors (Lipinski definition) is 4. The predicted molar refractivity (Wildman–Crippen MR) is 98.4 cm³/mol. The van der Waals surface area contributed by atoms with Gasteiger partial charge in [0.05, 0.1) is 5.57 Å². The zero-order valence-electron chi connectivity index (χ0n) is 13.5. The smallest absolute Gasteiger partial charge is 0.338 e. The number of rotatable bonds is 4. The fourth-order valence-corrected chi connectivity index (χ4v) is 2.70. The van der Waals surface area contributed by atoms with Gasteiger partial charge < -0.3 is 14.8 Å². The van der Waals surface area contributed by atoms with Crippen molar-refractivity contribution in [2.45, 2.75) is 6.92 Å². The molecule has 0 saturated carbocycles. The summed E-state index contributed by atoms with van der Waals surface area (Å²) in [5.74, 6) is -0.238. The first-order chi connectivity index (χ1) is 12.0. The topological polar surface area (TPSA) is 64.6 Å². The fraction of sp³-hybridized carbons (Fsp3) is 0.158. The van der Waals surface area contributed by atoms with Crippen LogP contribution in [0.3, 0.4) is 0 Å². The number of benzene rings is 2. The number of anilines is 1. The van der Waals surface area contributed by atoms with Crippen LogP contribution in [0.25, 0.3) is 6.08 Å². The van der Waals surface area contributed by atoms with Crippen molar-refractivity contribution in [1.29, 1.82) is 0 Å². The molecule has 5 nitrogen and oxygen atoms in total. The molecule has 1 aliphatic rings. The second-order valence-electron chi connectivity index (χ2n) is 5.58. The van der Waals surface area contributed by atoms with Crippen LogP contribution in [0.1, 0.15) is 11.1 Å². The van der Waals surface area contributed by atoms with Gasteiger partial charge in [0.2, 0.25) is 0 Å². The molecule has 0 saturated heterocycles. The van der Waals surface area contributed by atoms with Gasteiger partial charge in [-0.15, -0.1) is 0 Å². The van der Waals surface area contributed by atoms with Crippen LogP contribution in [0.5, 0.6) is 5.75 Å². The maximum atomic E-state index is 12.1. The molecule has 6 heteroatoms. The Morgan fingerprint density at radius 2 is 2.04 bits per heavy atom. The number of fused-ring (bicyclic) bond motifs is 1. The van der Waals surface area contributed by atoms with Gasteiger partial charge in [0.25, 0.3) is 5.91 Å². The number of amides is 1. The van der Waals surface area contributed by atoms with E-state index in [0.29, 0.717) is 11.3 Å². The SMILES string of the molecule is Cc1ccc(NC(=O)COC(=O)C2=Cc3ccccc3OC2)cc1Br. The summed E-state index contributed by atoms with van der Waals surface area (Å²) >= 11 is 3.41. The highest BCUT2D eigenvalue weighted by Crippen LogP contribution is 2.26. The molecule has 0 fully saturated rings. The quantitative estimate of drug-likeness (QED) is 0.792. The molecule has 3 rings (SSSR count). The summed E-state index contributed by atoms with van der Waals surface area (Å²) in [6.07, 6.45) is 1.72. The third-order valence-corrected chi connectivity index (χ3v) is 4.54. The Kier molecular flexibility index (Phi) is 5.19. The van der Waals surface area contributed by atoms with Crippen molar-refractivity contribution < 1.29 is 19.1 Å². The molecule has 0 spiro atoms. The first kappa shape index (κ1) is 17.2. The fourth-order valence-electron chi connectivity index (χ4n) is 2.33. The number of ether oxygens (including phenoxy) is 2. The van der Waals surface area contributed by atoms with E-state index in [4.69, 9.17) is 9.47 Å². The van der Waals surface area contributed by atoms with Crippen LogP contribution in [0, 0.1) is 6.92 Å². The molecule has 0 bridgehead atoms. The summed E-state index contributed by atoms with van der Waals surface area (Å²) in [6, 6.07) is 12.9. The molecule has 0 atom stereocenters. The second kappa shape index (κ2) is 7.53. The van der Waals surface area contributed by atoms with Crippen molar-refractivity contribution in [3.63, 3.8) is 0 Å². The number of halogens is 1. The van der Waals surface area contributed by atoms with Gasteiger partial charge in [-0.1, -0.05) is 40.2 Å². The molecule has 2 aromatic rings. The Bertz CT molecular complexity index is 860. The van der Waals surface area contributed by atoms with Crippen molar-refractivity contribution in [3.8, 4) is 5.75 Å². The van der Waals surface area contributed by atoms with Gasteiger partial charge in [0.1, 0.15) is 12.4 Å². The lowest BCUT2D eigenvalue weighted by atomic mass is 10.1. The first-order valence-electron chi connectivity index (χ1n) is 7.68. The Labute approximate surface area is 153 Å². The molecule has 128 valence electrons. The number of carbonyl (C=O) groups excluding carboxylic acids is 2. The van der Waals surface area contributed by atoms with E-state index >= 15 is 0 Å². The summed E-state index contributed by atoms with van der Waals surface area (Å²) in [6.45, 7) is 1.72. The number of para-hydroxylation sites is 1. The van der Waals surface area contributed by atoms with Gasteiger partial charge in [-0.05, 0) is 36.8 Å². The molecule has 25 heavy (non-hydrogen) atoms. The lowest BCUT2D eigenvalue weighted by Crippen LogP contribution is -2.23. The Morgan fingerprint density at radius 3 is 2.84 bits per heavy atom. The second-order valence-corrected chi connectivity index (χ2v) is 6.44. The number of hydrogen-bond donors (Lipinski definition) is 1. The Balaban J connectivity index is 1.56. The van der Waals surface area contributed by atoms with Crippen LogP contribution in [0.15, 0.2) is 52.5 Å². The first-order valence-corrected chi connectivity index (χ1v) is 8.48. The molecule has 0 unspecified atom stereocenters. The molecular weight excluding hydrogens is 386 g/mol. The highest BCUT2D eigenvalue weighted by molar-refractivity contribution is 9.10. The number of esters is 1. The van der Waals surface area contributed by atoms with Gasteiger partial charge in [-0.2, -0.15) is 0 Å². The summed E-state index contributed by atoms with van der Waals surface area (Å²) in [5, 5.41) is 2.69. The van der Waals surface area contributed by atoms with E-state index in [-0.39, 0.29) is 13.2 Å². The zero-order chi connectivity index (χ0) is 17.8. The van der Waals surface area contributed by atoms with Crippen LogP contribution in [-0.2, 0) is 14.3 Å². The number of carbonyl (C=O) groups is 2. The molecule has 1 amide bonds. The van der Waals surface area contributed by atoms with E-state index in [1.54, 1.807) is 18.2 Å². The monoisotopic (exact) mass is 401 g/mol. The third kappa shape index (κ3) is 4.28. The highest BCUT2D eigenvalue weighted by Gasteiger charge is 2.19. The number of nitrogens with one attached hydrogen (secondary N) is 1. The highest BCUT2D eigenvalue weighted by atomic mass is 79.9. The molecule has 0 aliphatic carbocycles. The summed E-state index contributed by atoms with van der Waals surface area (Å²) in [7, 11) is 0. The van der Waals surface area contributed by atoms with Gasteiger partial charge in [-0.25, -0.2) is 4.79 Å². The maximum absolute atomic E-state index is 12.1. The van der Waals surface area contributed by atoms with E-state index in [0.717, 1.165) is 21.3 Å². The molecule has 1 aliphatic heterocycles. The van der Waals surface area contributed by atoms with Crippen molar-refractivity contribution >= 4 is 39.6 Å². The largest absolute Gasteiger partial charge is 0.488 e. The van der Waals surface area contributed by atoms with Crippen LogP contribution in [0.4, 0.5) is 5.69 Å². The van der Waals surface area contributed by atoms with Crippen molar-refractivity contribution in [2.75, 3.05) is 18.5 Å². The van der Waals surface area contributed by atoms with Gasteiger partial charge in [0, 0.05) is 15.7 Å². The molecule has 0 radical (unpaired) electrons. The van der Waals surface area contributed by atoms with E-state index in [2.05, 4.69) is 21.2 Å². The minimum atomic E-state index is -0.560. The summed E-state index contributed by atoms with van der Waals surface area (Å²) in [5.41, 5.74) is 2.89.